The molecule has 0 amide bonds. The number of nitrogens with one attached hydrogen (secondary N) is 1. The molecule has 1 N–H and O–H groups in total. The summed E-state index contributed by atoms with van der Waals surface area (Å²) in [7, 11) is -3.36. The van der Waals surface area contributed by atoms with Crippen molar-refractivity contribution < 1.29 is 8.42 Å². The van der Waals surface area contributed by atoms with Gasteiger partial charge in [-0.3, -0.25) is 4.31 Å². The van der Waals surface area contributed by atoms with Gasteiger partial charge in [-0.25, -0.2) is 8.42 Å². The minimum atomic E-state index is -3.36. The topological polar surface area (TPSA) is 73.2 Å². The molecule has 6 heteroatoms. The van der Waals surface area contributed by atoms with Crippen molar-refractivity contribution in [1.82, 2.24) is 5.32 Å². The number of hydrogen-bond donors (Lipinski definition) is 1. The van der Waals surface area contributed by atoms with Crippen molar-refractivity contribution in [2.45, 2.75) is 13.0 Å². The van der Waals surface area contributed by atoms with Gasteiger partial charge in [0.2, 0.25) is 10.0 Å². The lowest BCUT2D eigenvalue weighted by Crippen LogP contribution is -2.38. The molecule has 0 aromatic heterocycles. The van der Waals surface area contributed by atoms with E-state index in [2.05, 4.69) is 5.32 Å². The summed E-state index contributed by atoms with van der Waals surface area (Å²) >= 11 is 0. The van der Waals surface area contributed by atoms with Gasteiger partial charge in [-0.2, -0.15) is 5.26 Å². The highest BCUT2D eigenvalue weighted by atomic mass is 32.2. The van der Waals surface area contributed by atoms with Gasteiger partial charge in [-0.05, 0) is 19.1 Å². The van der Waals surface area contributed by atoms with E-state index in [0.717, 1.165) is 0 Å². The van der Waals surface area contributed by atoms with E-state index in [-0.39, 0.29) is 11.8 Å². The average Bonchev–Trinajstić information content (AvgIpc) is 2.48. The first-order valence-electron chi connectivity index (χ1n) is 5.77. The van der Waals surface area contributed by atoms with Crippen LogP contribution in [0.4, 0.5) is 5.69 Å². The number of nitrogens with zero attached hydrogens (tertiary/aromatic N) is 2. The van der Waals surface area contributed by atoms with Crippen molar-refractivity contribution in [2.75, 3.05) is 23.1 Å². The van der Waals surface area contributed by atoms with Crippen LogP contribution < -0.4 is 9.62 Å². The number of rotatable bonds is 1. The van der Waals surface area contributed by atoms with Crippen LogP contribution in [0.15, 0.2) is 24.3 Å². The second kappa shape index (κ2) is 4.96. The van der Waals surface area contributed by atoms with Gasteiger partial charge in [0.05, 0.1) is 17.0 Å². The third-order valence-corrected chi connectivity index (χ3v) is 4.66. The second-order valence-electron chi connectivity index (χ2n) is 4.33. The smallest absolute Gasteiger partial charge is 0.236 e. The van der Waals surface area contributed by atoms with Crippen LogP contribution in [-0.2, 0) is 10.0 Å². The molecule has 1 unspecified atom stereocenters. The van der Waals surface area contributed by atoms with E-state index in [1.165, 1.54) is 4.31 Å². The predicted octanol–water partition coefficient (Wildman–Crippen LogP) is 0.686. The Kier molecular flexibility index (Phi) is 3.55. The summed E-state index contributed by atoms with van der Waals surface area (Å²) < 4.78 is 25.7. The minimum Gasteiger partial charge on any atom is -0.311 e. The second-order valence-corrected chi connectivity index (χ2v) is 6.34. The summed E-state index contributed by atoms with van der Waals surface area (Å²) in [6.07, 6.45) is 0. The van der Waals surface area contributed by atoms with Crippen LogP contribution in [0.3, 0.4) is 0 Å². The third-order valence-electron chi connectivity index (χ3n) is 2.92. The molecule has 1 aromatic rings. The molecule has 0 bridgehead atoms. The largest absolute Gasteiger partial charge is 0.311 e. The predicted molar refractivity (Wildman–Crippen MR) is 69.8 cm³/mol. The van der Waals surface area contributed by atoms with E-state index in [0.29, 0.717) is 24.3 Å². The van der Waals surface area contributed by atoms with Gasteiger partial charge in [0.15, 0.2) is 0 Å². The zero-order chi connectivity index (χ0) is 13.2. The SMILES string of the molecule is CC1CN(c2ccccc2C#N)S(=O)(=O)CCN1. The first kappa shape index (κ1) is 12.9. The summed E-state index contributed by atoms with van der Waals surface area (Å²) in [5, 5.41) is 12.2. The summed E-state index contributed by atoms with van der Waals surface area (Å²) in [5.41, 5.74) is 0.853. The number of hydrogen-bond acceptors (Lipinski definition) is 4. The zero-order valence-electron chi connectivity index (χ0n) is 10.1. The first-order valence-corrected chi connectivity index (χ1v) is 7.38. The van der Waals surface area contributed by atoms with Crippen LogP contribution in [0.1, 0.15) is 12.5 Å². The number of nitriles is 1. The molecule has 0 aliphatic carbocycles. The molecule has 1 heterocycles. The molecule has 2 rings (SSSR count). The highest BCUT2D eigenvalue weighted by Crippen LogP contribution is 2.24. The molecule has 18 heavy (non-hydrogen) atoms. The summed E-state index contributed by atoms with van der Waals surface area (Å²) in [6.45, 7) is 2.72. The van der Waals surface area contributed by atoms with Gasteiger partial charge in [-0.1, -0.05) is 12.1 Å². The fourth-order valence-corrected chi connectivity index (χ4v) is 3.51. The summed E-state index contributed by atoms with van der Waals surface area (Å²) in [6, 6.07) is 8.89. The maximum Gasteiger partial charge on any atom is 0.236 e. The van der Waals surface area contributed by atoms with E-state index >= 15 is 0 Å². The van der Waals surface area contributed by atoms with Crippen LogP contribution in [0.25, 0.3) is 0 Å². The Bertz CT molecular complexity index is 577. The molecular formula is C12H15N3O2S. The lowest BCUT2D eigenvalue weighted by molar-refractivity contribution is 0.587. The third kappa shape index (κ3) is 2.47. The van der Waals surface area contributed by atoms with Crippen molar-refractivity contribution in [3.8, 4) is 6.07 Å². The molecule has 1 atom stereocenters. The average molecular weight is 265 g/mol. The van der Waals surface area contributed by atoms with Crippen LogP contribution in [0, 0.1) is 11.3 Å². The molecule has 0 spiro atoms. The molecule has 96 valence electrons. The van der Waals surface area contributed by atoms with Gasteiger partial charge >= 0.3 is 0 Å². The van der Waals surface area contributed by atoms with Gasteiger partial charge in [0.1, 0.15) is 6.07 Å². The molecule has 1 aliphatic heterocycles. The molecule has 1 saturated heterocycles. The molecule has 1 fully saturated rings. The highest BCUT2D eigenvalue weighted by molar-refractivity contribution is 7.92. The molecule has 1 aliphatic rings. The Morgan fingerprint density at radius 1 is 1.44 bits per heavy atom. The zero-order valence-corrected chi connectivity index (χ0v) is 10.9. The Hall–Kier alpha value is -1.58. The standard InChI is InChI=1S/C12H15N3O2S/c1-10-9-15(18(16,17)7-6-14-10)12-5-3-2-4-11(12)8-13/h2-5,10,14H,6-7,9H2,1H3. The number of benzene rings is 1. The van der Waals surface area contributed by atoms with E-state index in [4.69, 9.17) is 5.26 Å². The Morgan fingerprint density at radius 3 is 2.89 bits per heavy atom. The molecule has 5 nitrogen and oxygen atoms in total. The quantitative estimate of drug-likeness (QED) is 0.810. The van der Waals surface area contributed by atoms with Crippen LogP contribution in [0.5, 0.6) is 0 Å². The molecule has 0 radical (unpaired) electrons. The van der Waals surface area contributed by atoms with Gasteiger partial charge in [0.25, 0.3) is 0 Å². The van der Waals surface area contributed by atoms with Gasteiger partial charge in [0, 0.05) is 19.1 Å². The van der Waals surface area contributed by atoms with E-state index < -0.39 is 10.0 Å². The van der Waals surface area contributed by atoms with E-state index in [1.54, 1.807) is 24.3 Å². The van der Waals surface area contributed by atoms with Gasteiger partial charge in [-0.15, -0.1) is 0 Å². The fourth-order valence-electron chi connectivity index (χ4n) is 2.01. The minimum absolute atomic E-state index is 0.0527. The molecule has 0 saturated carbocycles. The first-order chi connectivity index (χ1) is 8.54. The van der Waals surface area contributed by atoms with Crippen LogP contribution in [-0.4, -0.2) is 33.3 Å². The van der Waals surface area contributed by atoms with Crippen LogP contribution in [0.2, 0.25) is 0 Å². The maximum absolute atomic E-state index is 12.2. The Morgan fingerprint density at radius 2 is 2.17 bits per heavy atom. The summed E-state index contributed by atoms with van der Waals surface area (Å²) in [4.78, 5) is 0. The van der Waals surface area contributed by atoms with Crippen molar-refractivity contribution in [3.05, 3.63) is 29.8 Å². The number of sulfonamides is 1. The monoisotopic (exact) mass is 265 g/mol. The lowest BCUT2D eigenvalue weighted by atomic mass is 10.2. The normalized spacial score (nSPS) is 23.1. The van der Waals surface area contributed by atoms with Gasteiger partial charge < -0.3 is 5.32 Å². The van der Waals surface area contributed by atoms with Crippen molar-refractivity contribution in [3.63, 3.8) is 0 Å². The fraction of sp³-hybridized carbons (Fsp3) is 0.417. The van der Waals surface area contributed by atoms with E-state index in [9.17, 15) is 8.42 Å². The Balaban J connectivity index is 2.49. The van der Waals surface area contributed by atoms with Crippen LogP contribution >= 0.6 is 0 Å². The molecular weight excluding hydrogens is 250 g/mol. The van der Waals surface area contributed by atoms with E-state index in [1.807, 2.05) is 13.0 Å². The lowest BCUT2D eigenvalue weighted by Gasteiger charge is -2.24. The maximum atomic E-state index is 12.2. The van der Waals surface area contributed by atoms with Crippen molar-refractivity contribution in [2.24, 2.45) is 0 Å². The highest BCUT2D eigenvalue weighted by Gasteiger charge is 2.28. The molecule has 1 aromatic carbocycles. The van der Waals surface area contributed by atoms with Crippen molar-refractivity contribution >= 4 is 15.7 Å². The number of para-hydroxylation sites is 1. The number of anilines is 1. The van der Waals surface area contributed by atoms with Crippen molar-refractivity contribution in [1.29, 1.82) is 5.26 Å². The summed E-state index contributed by atoms with van der Waals surface area (Å²) in [5.74, 6) is 0.0527. The Labute approximate surface area is 107 Å².